The van der Waals surface area contributed by atoms with Crippen LogP contribution in [0.15, 0.2) is 52.9 Å². The molecular formula is C26H23N3O4. The predicted octanol–water partition coefficient (Wildman–Crippen LogP) is 5.17. The maximum atomic E-state index is 13.3. The van der Waals surface area contributed by atoms with E-state index >= 15 is 0 Å². The molecule has 0 atom stereocenters. The van der Waals surface area contributed by atoms with Crippen LogP contribution in [-0.4, -0.2) is 28.3 Å². The van der Waals surface area contributed by atoms with Crippen LogP contribution in [0.2, 0.25) is 0 Å². The summed E-state index contributed by atoms with van der Waals surface area (Å²) in [5.74, 6) is 1.10. The van der Waals surface area contributed by atoms with Gasteiger partial charge in [0.25, 0.3) is 5.89 Å². The van der Waals surface area contributed by atoms with Crippen molar-refractivity contribution in [2.45, 2.75) is 32.8 Å². The van der Waals surface area contributed by atoms with Gasteiger partial charge >= 0.3 is 5.97 Å². The molecule has 0 unspecified atom stereocenters. The first-order valence-electron chi connectivity index (χ1n) is 10.8. The van der Waals surface area contributed by atoms with Gasteiger partial charge in [-0.2, -0.15) is 0 Å². The van der Waals surface area contributed by atoms with Crippen molar-refractivity contribution in [3.63, 3.8) is 0 Å². The molecule has 2 heterocycles. The van der Waals surface area contributed by atoms with Crippen molar-refractivity contribution >= 4 is 28.5 Å². The number of methoxy groups -OCH3 is 1. The fourth-order valence-corrected chi connectivity index (χ4v) is 4.20. The largest absolute Gasteiger partial charge is 0.497 e. The van der Waals surface area contributed by atoms with Crippen LogP contribution in [0.5, 0.6) is 5.75 Å². The Morgan fingerprint density at radius 1 is 1.09 bits per heavy atom. The van der Waals surface area contributed by atoms with E-state index in [4.69, 9.17) is 18.9 Å². The Balaban J connectivity index is 1.56. The van der Waals surface area contributed by atoms with Crippen LogP contribution in [0, 0.1) is 6.92 Å². The van der Waals surface area contributed by atoms with Crippen LogP contribution >= 0.6 is 0 Å². The highest BCUT2D eigenvalue weighted by molar-refractivity contribution is 6.06. The van der Waals surface area contributed by atoms with Gasteiger partial charge in [0.1, 0.15) is 5.75 Å². The number of nitrogens with zero attached hydrogens (tertiary/aromatic N) is 3. The van der Waals surface area contributed by atoms with Gasteiger partial charge in [-0.1, -0.05) is 30.3 Å². The topological polar surface area (TPSA) is 87.3 Å². The Morgan fingerprint density at radius 2 is 1.91 bits per heavy atom. The number of carbonyl (C=O) groups is 1. The molecule has 0 fully saturated rings. The van der Waals surface area contributed by atoms with Crippen molar-refractivity contribution in [1.82, 2.24) is 15.2 Å². The van der Waals surface area contributed by atoms with Gasteiger partial charge in [-0.3, -0.25) is 0 Å². The summed E-state index contributed by atoms with van der Waals surface area (Å²) in [5.41, 5.74) is 5.27. The minimum absolute atomic E-state index is 0.0698. The molecule has 1 aliphatic carbocycles. The summed E-state index contributed by atoms with van der Waals surface area (Å²) >= 11 is 0. The first-order valence-corrected chi connectivity index (χ1v) is 10.8. The van der Waals surface area contributed by atoms with E-state index in [0.29, 0.717) is 11.5 Å². The lowest BCUT2D eigenvalue weighted by Crippen LogP contribution is -2.15. The number of ether oxygens (including phenoxy) is 2. The smallest absolute Gasteiger partial charge is 0.339 e. The molecule has 166 valence electrons. The highest BCUT2D eigenvalue weighted by Crippen LogP contribution is 2.36. The van der Waals surface area contributed by atoms with Crippen molar-refractivity contribution in [1.29, 1.82) is 0 Å². The number of hydrogen-bond donors (Lipinski definition) is 0. The van der Waals surface area contributed by atoms with E-state index in [0.717, 1.165) is 58.3 Å². The van der Waals surface area contributed by atoms with Crippen LogP contribution in [0.1, 0.15) is 51.8 Å². The van der Waals surface area contributed by atoms with Gasteiger partial charge in [0.15, 0.2) is 6.61 Å². The highest BCUT2D eigenvalue weighted by Gasteiger charge is 2.26. The van der Waals surface area contributed by atoms with Crippen LogP contribution in [0.4, 0.5) is 0 Å². The molecule has 0 spiro atoms. The number of carbonyl (C=O) groups excluding carboxylic acids is 1. The Morgan fingerprint density at radius 3 is 2.67 bits per heavy atom. The molecule has 0 saturated heterocycles. The van der Waals surface area contributed by atoms with E-state index in [2.05, 4.69) is 16.3 Å². The minimum Gasteiger partial charge on any atom is -0.497 e. The number of rotatable bonds is 5. The number of aromatic nitrogens is 3. The number of allylic oxidation sites excluding steroid dienone is 1. The molecule has 0 bridgehead atoms. The Kier molecular flexibility index (Phi) is 5.60. The van der Waals surface area contributed by atoms with Gasteiger partial charge in [-0.15, -0.1) is 10.2 Å². The summed E-state index contributed by atoms with van der Waals surface area (Å²) in [5, 5.41) is 8.48. The van der Waals surface area contributed by atoms with E-state index in [9.17, 15) is 4.79 Å². The summed E-state index contributed by atoms with van der Waals surface area (Å²) < 4.78 is 16.2. The Hall–Kier alpha value is -4.00. The molecule has 0 aliphatic heterocycles. The van der Waals surface area contributed by atoms with Crippen LogP contribution < -0.4 is 4.74 Å². The lowest BCUT2D eigenvalue weighted by Gasteiger charge is -2.22. The summed E-state index contributed by atoms with van der Waals surface area (Å²) in [6.45, 7) is 1.63. The van der Waals surface area contributed by atoms with E-state index in [1.54, 1.807) is 14.0 Å². The van der Waals surface area contributed by atoms with Crippen molar-refractivity contribution in [2.24, 2.45) is 0 Å². The Bertz CT molecular complexity index is 1360. The average molecular weight is 441 g/mol. The van der Waals surface area contributed by atoms with E-state index in [1.807, 2.05) is 48.5 Å². The first kappa shape index (κ1) is 20.9. The van der Waals surface area contributed by atoms with Gasteiger partial charge in [0.2, 0.25) is 5.89 Å². The lowest BCUT2D eigenvalue weighted by atomic mass is 9.86. The highest BCUT2D eigenvalue weighted by atomic mass is 16.5. The quantitative estimate of drug-likeness (QED) is 0.395. The monoisotopic (exact) mass is 441 g/mol. The van der Waals surface area contributed by atoms with E-state index in [1.165, 1.54) is 0 Å². The van der Waals surface area contributed by atoms with Crippen molar-refractivity contribution in [3.8, 4) is 5.75 Å². The molecule has 0 radical (unpaired) electrons. The number of esters is 1. The second-order valence-electron chi connectivity index (χ2n) is 7.92. The second-order valence-corrected chi connectivity index (χ2v) is 7.92. The Labute approximate surface area is 191 Å². The summed E-state index contributed by atoms with van der Waals surface area (Å²) in [6.07, 6.45) is 4.71. The molecule has 1 aliphatic rings. The minimum atomic E-state index is -0.411. The van der Waals surface area contributed by atoms with E-state index in [-0.39, 0.29) is 12.5 Å². The zero-order valence-electron chi connectivity index (χ0n) is 18.5. The number of aryl methyl sites for hydroxylation is 1. The number of benzene rings is 2. The number of fused-ring (bicyclic) bond motifs is 2. The van der Waals surface area contributed by atoms with Crippen molar-refractivity contribution in [3.05, 3.63) is 82.7 Å². The zero-order valence-corrected chi connectivity index (χ0v) is 18.5. The molecule has 7 nitrogen and oxygen atoms in total. The second kappa shape index (κ2) is 8.86. The SMILES string of the molecule is COc1ccc(/C=C2\CCCc3c2nc2ccccc2c3C(=O)OCc2nnc(C)o2)cc1. The van der Waals surface area contributed by atoms with Gasteiger partial charge in [0, 0.05) is 12.3 Å². The van der Waals surface area contributed by atoms with Gasteiger partial charge in [-0.05, 0) is 60.2 Å². The third-order valence-electron chi connectivity index (χ3n) is 5.73. The summed E-state index contributed by atoms with van der Waals surface area (Å²) in [4.78, 5) is 18.2. The van der Waals surface area contributed by atoms with Gasteiger partial charge in [0.05, 0.1) is 23.9 Å². The molecule has 0 saturated carbocycles. The molecule has 5 rings (SSSR count). The van der Waals surface area contributed by atoms with Gasteiger partial charge in [-0.25, -0.2) is 9.78 Å². The molecular weight excluding hydrogens is 418 g/mol. The molecule has 0 N–H and O–H groups in total. The van der Waals surface area contributed by atoms with Crippen LogP contribution in [0.25, 0.3) is 22.6 Å². The van der Waals surface area contributed by atoms with Crippen LogP contribution in [0.3, 0.4) is 0 Å². The van der Waals surface area contributed by atoms with Gasteiger partial charge < -0.3 is 13.9 Å². The third-order valence-corrected chi connectivity index (χ3v) is 5.73. The number of para-hydroxylation sites is 1. The summed E-state index contributed by atoms with van der Waals surface area (Å²) in [7, 11) is 1.65. The lowest BCUT2D eigenvalue weighted by molar-refractivity contribution is 0.0437. The fourth-order valence-electron chi connectivity index (χ4n) is 4.20. The first-order chi connectivity index (χ1) is 16.1. The predicted molar refractivity (Wildman–Crippen MR) is 124 cm³/mol. The molecule has 2 aromatic heterocycles. The van der Waals surface area contributed by atoms with Crippen molar-refractivity contribution < 1.29 is 18.7 Å². The van der Waals surface area contributed by atoms with Crippen molar-refractivity contribution in [2.75, 3.05) is 7.11 Å². The standard InChI is InChI=1S/C26H23N3O4/c1-16-28-29-23(33-16)15-32-26(30)24-20-7-3-4-9-22(20)27-25-18(6-5-8-21(24)25)14-17-10-12-19(31-2)13-11-17/h3-4,7,9-14H,5-6,8,15H2,1-2H3/b18-14+. The summed E-state index contributed by atoms with van der Waals surface area (Å²) in [6, 6.07) is 15.6. The molecule has 2 aromatic carbocycles. The number of pyridine rings is 1. The molecule has 7 heteroatoms. The average Bonchev–Trinajstić information content (AvgIpc) is 3.27. The molecule has 0 amide bonds. The third kappa shape index (κ3) is 4.22. The van der Waals surface area contributed by atoms with E-state index < -0.39 is 5.97 Å². The normalized spacial score (nSPS) is 14.3. The van der Waals surface area contributed by atoms with Crippen LogP contribution in [-0.2, 0) is 17.8 Å². The molecule has 33 heavy (non-hydrogen) atoms. The fraction of sp³-hybridized carbons (Fsp3) is 0.231. The maximum absolute atomic E-state index is 13.3. The maximum Gasteiger partial charge on any atom is 0.339 e. The zero-order chi connectivity index (χ0) is 22.8. The molecule has 4 aromatic rings. The number of hydrogen-bond acceptors (Lipinski definition) is 7.